The van der Waals surface area contributed by atoms with Gasteiger partial charge in [0.2, 0.25) is 0 Å². The van der Waals surface area contributed by atoms with Crippen LogP contribution in [0.15, 0.2) is 24.4 Å². The van der Waals surface area contributed by atoms with Crippen molar-refractivity contribution in [1.29, 1.82) is 0 Å². The molecule has 1 aliphatic heterocycles. The van der Waals surface area contributed by atoms with Crippen LogP contribution in [0.4, 0.5) is 0 Å². The van der Waals surface area contributed by atoms with Gasteiger partial charge in [0.1, 0.15) is 12.4 Å². The average Bonchev–Trinajstić information content (AvgIpc) is 3.04. The summed E-state index contributed by atoms with van der Waals surface area (Å²) in [6.07, 6.45) is 1.52. The number of methoxy groups -OCH3 is 1. The highest BCUT2D eigenvalue weighted by molar-refractivity contribution is 6.43. The molecule has 1 aromatic heterocycles. The summed E-state index contributed by atoms with van der Waals surface area (Å²) in [7, 11) is 1.57. The molecule has 0 spiro atoms. The first kappa shape index (κ1) is 16.5. The summed E-state index contributed by atoms with van der Waals surface area (Å²) < 4.78 is 15.5. The third-order valence-electron chi connectivity index (χ3n) is 4.06. The number of esters is 1. The molecule has 0 bridgehead atoms. The maximum absolute atomic E-state index is 12.3. The van der Waals surface area contributed by atoms with Gasteiger partial charge in [-0.1, -0.05) is 0 Å². The number of aromatic nitrogens is 1. The fourth-order valence-electron chi connectivity index (χ4n) is 2.69. The molecule has 1 N–H and O–H groups in total. The molecule has 1 aromatic carbocycles. The third-order valence-corrected chi connectivity index (χ3v) is 4.06. The molecular formula is C17H20N2O5. The molecule has 3 rings (SSSR count). The Labute approximate surface area is 139 Å². The van der Waals surface area contributed by atoms with Gasteiger partial charge in [0.25, 0.3) is 5.78 Å². The van der Waals surface area contributed by atoms with Gasteiger partial charge in [0, 0.05) is 42.8 Å². The molecule has 1 fully saturated rings. The first-order valence-electron chi connectivity index (χ1n) is 7.85. The Morgan fingerprint density at radius 3 is 2.83 bits per heavy atom. The van der Waals surface area contributed by atoms with E-state index in [4.69, 9.17) is 14.2 Å². The minimum absolute atomic E-state index is 0.195. The fourth-order valence-corrected chi connectivity index (χ4v) is 2.69. The zero-order chi connectivity index (χ0) is 16.9. The van der Waals surface area contributed by atoms with Crippen LogP contribution in [0.3, 0.4) is 0 Å². The highest BCUT2D eigenvalue weighted by Crippen LogP contribution is 2.23. The first-order chi connectivity index (χ1) is 11.7. The number of aromatic amines is 1. The number of rotatable bonds is 6. The minimum atomic E-state index is -0.833. The molecule has 1 aliphatic rings. The first-order valence-corrected chi connectivity index (χ1v) is 7.85. The number of carbonyl (C=O) groups excluding carboxylic acids is 2. The van der Waals surface area contributed by atoms with Crippen molar-refractivity contribution < 1.29 is 23.8 Å². The second-order valence-corrected chi connectivity index (χ2v) is 5.53. The second-order valence-electron chi connectivity index (χ2n) is 5.53. The summed E-state index contributed by atoms with van der Waals surface area (Å²) in [4.78, 5) is 29.4. The molecule has 24 heavy (non-hydrogen) atoms. The van der Waals surface area contributed by atoms with Gasteiger partial charge in [-0.3, -0.25) is 9.69 Å². The van der Waals surface area contributed by atoms with E-state index in [1.54, 1.807) is 25.3 Å². The van der Waals surface area contributed by atoms with E-state index >= 15 is 0 Å². The van der Waals surface area contributed by atoms with Crippen LogP contribution in [0, 0.1) is 0 Å². The molecule has 0 aliphatic carbocycles. The number of H-pyrrole nitrogens is 1. The van der Waals surface area contributed by atoms with Crippen molar-refractivity contribution in [3.8, 4) is 5.75 Å². The number of nitrogens with one attached hydrogen (secondary N) is 1. The summed E-state index contributed by atoms with van der Waals surface area (Å²) in [6.45, 7) is 3.80. The Bertz CT molecular complexity index is 734. The van der Waals surface area contributed by atoms with Gasteiger partial charge in [-0.05, 0) is 12.1 Å². The van der Waals surface area contributed by atoms with Crippen LogP contribution in [-0.4, -0.2) is 68.2 Å². The van der Waals surface area contributed by atoms with Crippen molar-refractivity contribution in [2.24, 2.45) is 0 Å². The van der Waals surface area contributed by atoms with Gasteiger partial charge in [-0.25, -0.2) is 4.79 Å². The highest BCUT2D eigenvalue weighted by Gasteiger charge is 2.22. The zero-order valence-corrected chi connectivity index (χ0v) is 13.5. The lowest BCUT2D eigenvalue weighted by Crippen LogP contribution is -2.38. The van der Waals surface area contributed by atoms with Crippen molar-refractivity contribution in [3.63, 3.8) is 0 Å². The number of ketones is 1. The normalized spacial score (nSPS) is 15.4. The number of nitrogens with zero attached hydrogens (tertiary/aromatic N) is 1. The maximum Gasteiger partial charge on any atom is 0.379 e. The van der Waals surface area contributed by atoms with E-state index in [0.29, 0.717) is 36.5 Å². The summed E-state index contributed by atoms with van der Waals surface area (Å²) >= 11 is 0. The van der Waals surface area contributed by atoms with Gasteiger partial charge >= 0.3 is 5.97 Å². The lowest BCUT2D eigenvalue weighted by Gasteiger charge is -2.26. The molecule has 7 nitrogen and oxygen atoms in total. The smallest absolute Gasteiger partial charge is 0.379 e. The van der Waals surface area contributed by atoms with Gasteiger partial charge in [0.05, 0.1) is 25.9 Å². The molecule has 1 saturated heterocycles. The number of morpholine rings is 1. The summed E-state index contributed by atoms with van der Waals surface area (Å²) in [5.74, 6) is -0.801. The lowest BCUT2D eigenvalue weighted by atomic mass is 10.1. The molecule has 7 heteroatoms. The van der Waals surface area contributed by atoms with Crippen molar-refractivity contribution in [2.45, 2.75) is 0 Å². The Morgan fingerprint density at radius 2 is 2.08 bits per heavy atom. The number of Topliss-reactive ketones (excluding diaryl/α,β-unsaturated/α-hetero) is 1. The summed E-state index contributed by atoms with van der Waals surface area (Å²) in [5.41, 5.74) is 1.04. The maximum atomic E-state index is 12.3. The van der Waals surface area contributed by atoms with E-state index in [1.807, 2.05) is 0 Å². The monoisotopic (exact) mass is 332 g/mol. The fraction of sp³-hybridized carbons (Fsp3) is 0.412. The molecule has 0 radical (unpaired) electrons. The third kappa shape index (κ3) is 3.58. The lowest BCUT2D eigenvalue weighted by molar-refractivity contribution is -0.138. The SMILES string of the molecule is COc1ccc2c(C(=O)C(=O)OCCN3CCOCC3)c[nH]c2c1. The van der Waals surface area contributed by atoms with Crippen molar-refractivity contribution in [1.82, 2.24) is 9.88 Å². The van der Waals surface area contributed by atoms with Crippen molar-refractivity contribution in [3.05, 3.63) is 30.0 Å². The average molecular weight is 332 g/mol. The van der Waals surface area contributed by atoms with Gasteiger partial charge in [-0.15, -0.1) is 0 Å². The number of ether oxygens (including phenoxy) is 3. The van der Waals surface area contributed by atoms with E-state index in [0.717, 1.165) is 18.6 Å². The standard InChI is InChI=1S/C17H20N2O5/c1-22-12-2-3-13-14(11-18-15(13)10-12)16(20)17(21)24-9-6-19-4-7-23-8-5-19/h2-3,10-11,18H,4-9H2,1H3. The highest BCUT2D eigenvalue weighted by atomic mass is 16.5. The predicted octanol–water partition coefficient (Wildman–Crippen LogP) is 1.23. The Hall–Kier alpha value is -2.38. The molecule has 2 heterocycles. The van der Waals surface area contributed by atoms with Crippen LogP contribution in [0.25, 0.3) is 10.9 Å². The minimum Gasteiger partial charge on any atom is -0.497 e. The van der Waals surface area contributed by atoms with E-state index < -0.39 is 11.8 Å². The van der Waals surface area contributed by atoms with Crippen LogP contribution in [0.5, 0.6) is 5.75 Å². The van der Waals surface area contributed by atoms with Crippen LogP contribution < -0.4 is 4.74 Å². The largest absolute Gasteiger partial charge is 0.497 e. The number of fused-ring (bicyclic) bond motifs is 1. The number of carbonyl (C=O) groups is 2. The van der Waals surface area contributed by atoms with E-state index in [2.05, 4.69) is 9.88 Å². The number of hydrogen-bond donors (Lipinski definition) is 1. The Kier molecular flexibility index (Phi) is 5.12. The molecule has 0 saturated carbocycles. The quantitative estimate of drug-likeness (QED) is 0.487. The van der Waals surface area contributed by atoms with Crippen LogP contribution in [0.1, 0.15) is 10.4 Å². The topological polar surface area (TPSA) is 80.9 Å². The molecule has 2 aromatic rings. The molecule has 0 unspecified atom stereocenters. The van der Waals surface area contributed by atoms with E-state index in [9.17, 15) is 9.59 Å². The van der Waals surface area contributed by atoms with Gasteiger partial charge in [0.15, 0.2) is 0 Å². The number of benzene rings is 1. The van der Waals surface area contributed by atoms with Crippen LogP contribution in [0.2, 0.25) is 0 Å². The Morgan fingerprint density at radius 1 is 1.29 bits per heavy atom. The predicted molar refractivity (Wildman–Crippen MR) is 87.4 cm³/mol. The summed E-state index contributed by atoms with van der Waals surface area (Å²) in [6, 6.07) is 5.27. The molecular weight excluding hydrogens is 312 g/mol. The van der Waals surface area contributed by atoms with Crippen LogP contribution in [-0.2, 0) is 14.3 Å². The Balaban J connectivity index is 1.60. The van der Waals surface area contributed by atoms with E-state index in [1.165, 1.54) is 6.20 Å². The number of hydrogen-bond acceptors (Lipinski definition) is 6. The van der Waals surface area contributed by atoms with Crippen molar-refractivity contribution in [2.75, 3.05) is 46.6 Å². The molecule has 0 atom stereocenters. The molecule has 0 amide bonds. The van der Waals surface area contributed by atoms with Crippen molar-refractivity contribution >= 4 is 22.7 Å². The molecule has 128 valence electrons. The van der Waals surface area contributed by atoms with Crippen LogP contribution >= 0.6 is 0 Å². The summed E-state index contributed by atoms with van der Waals surface area (Å²) in [5, 5.41) is 0.672. The van der Waals surface area contributed by atoms with Gasteiger partial charge < -0.3 is 19.2 Å². The second kappa shape index (κ2) is 7.46. The zero-order valence-electron chi connectivity index (χ0n) is 13.5. The van der Waals surface area contributed by atoms with Gasteiger partial charge in [-0.2, -0.15) is 0 Å². The van der Waals surface area contributed by atoms with E-state index in [-0.39, 0.29) is 6.61 Å².